The van der Waals surface area contributed by atoms with Crippen molar-refractivity contribution >= 4 is 5.91 Å². The highest BCUT2D eigenvalue weighted by Gasteiger charge is 2.23. The van der Waals surface area contributed by atoms with Crippen LogP contribution < -0.4 is 5.73 Å². The zero-order valence-corrected chi connectivity index (χ0v) is 8.61. The van der Waals surface area contributed by atoms with Crippen molar-refractivity contribution in [3.8, 4) is 0 Å². The summed E-state index contributed by atoms with van der Waals surface area (Å²) in [6.45, 7) is 1.26. The smallest absolute Gasteiger partial charge is 0.224 e. The number of hydrogen-bond acceptors (Lipinski definition) is 3. The molecule has 0 aliphatic carbocycles. The first-order chi connectivity index (χ1) is 6.79. The fourth-order valence-corrected chi connectivity index (χ4v) is 1.96. The predicted octanol–water partition coefficient (Wildman–Crippen LogP) is 0.0987. The monoisotopic (exact) mass is 200 g/mol. The predicted molar refractivity (Wildman–Crippen MR) is 54.7 cm³/mol. The van der Waals surface area contributed by atoms with E-state index in [0.29, 0.717) is 13.0 Å². The van der Waals surface area contributed by atoms with E-state index in [-0.39, 0.29) is 18.6 Å². The normalized spacial score (nSPS) is 23.3. The number of aliphatic hydroxyl groups excluding tert-OH is 1. The molecule has 1 unspecified atom stereocenters. The number of carbonyl (C=O) groups excluding carboxylic acids is 1. The third-order valence-corrected chi connectivity index (χ3v) is 2.77. The van der Waals surface area contributed by atoms with E-state index in [0.717, 1.165) is 32.2 Å². The van der Waals surface area contributed by atoms with Crippen LogP contribution in [-0.4, -0.2) is 41.7 Å². The molecule has 0 radical (unpaired) electrons. The van der Waals surface area contributed by atoms with Gasteiger partial charge in [-0.15, -0.1) is 0 Å². The number of nitrogens with two attached hydrogens (primary N) is 1. The first-order valence-corrected chi connectivity index (χ1v) is 5.40. The molecule has 0 spiro atoms. The van der Waals surface area contributed by atoms with Crippen LogP contribution in [0.4, 0.5) is 0 Å². The quantitative estimate of drug-likeness (QED) is 0.679. The number of carbonyl (C=O) groups is 1. The average Bonchev–Trinajstić information content (AvgIpc) is 2.42. The zero-order valence-electron chi connectivity index (χ0n) is 8.61. The minimum atomic E-state index is 0.0246. The van der Waals surface area contributed by atoms with Crippen LogP contribution in [0.25, 0.3) is 0 Å². The third kappa shape index (κ3) is 2.96. The molecular weight excluding hydrogens is 180 g/mol. The second kappa shape index (κ2) is 5.98. The molecule has 0 bridgehead atoms. The summed E-state index contributed by atoms with van der Waals surface area (Å²) < 4.78 is 0. The van der Waals surface area contributed by atoms with Crippen molar-refractivity contribution in [2.45, 2.75) is 38.1 Å². The fraction of sp³-hybridized carbons (Fsp3) is 0.900. The number of nitrogens with zero attached hydrogens (tertiary/aromatic N) is 1. The van der Waals surface area contributed by atoms with E-state index in [4.69, 9.17) is 5.73 Å². The Morgan fingerprint density at radius 1 is 1.43 bits per heavy atom. The minimum Gasteiger partial charge on any atom is -0.394 e. The zero-order chi connectivity index (χ0) is 10.4. The maximum atomic E-state index is 11.7. The Morgan fingerprint density at radius 3 is 2.86 bits per heavy atom. The number of amides is 1. The summed E-state index contributed by atoms with van der Waals surface area (Å²) in [6, 6.07) is 0.0246. The Labute approximate surface area is 85.1 Å². The lowest BCUT2D eigenvalue weighted by Crippen LogP contribution is -2.42. The van der Waals surface area contributed by atoms with Crippen molar-refractivity contribution < 1.29 is 9.90 Å². The van der Waals surface area contributed by atoms with Gasteiger partial charge in [0.25, 0.3) is 0 Å². The summed E-state index contributed by atoms with van der Waals surface area (Å²) >= 11 is 0. The van der Waals surface area contributed by atoms with E-state index in [9.17, 15) is 9.90 Å². The lowest BCUT2D eigenvalue weighted by Gasteiger charge is -2.28. The summed E-state index contributed by atoms with van der Waals surface area (Å²) in [4.78, 5) is 13.5. The van der Waals surface area contributed by atoms with Gasteiger partial charge in [-0.1, -0.05) is 12.8 Å². The van der Waals surface area contributed by atoms with Gasteiger partial charge in [0.15, 0.2) is 0 Å². The first kappa shape index (κ1) is 11.5. The first-order valence-electron chi connectivity index (χ1n) is 5.40. The molecule has 0 aromatic rings. The Morgan fingerprint density at radius 2 is 2.21 bits per heavy atom. The summed E-state index contributed by atoms with van der Waals surface area (Å²) in [5, 5.41) is 9.18. The Hall–Kier alpha value is -0.610. The summed E-state index contributed by atoms with van der Waals surface area (Å²) in [6.07, 6.45) is 4.64. The molecule has 3 N–H and O–H groups in total. The van der Waals surface area contributed by atoms with Crippen LogP contribution in [0, 0.1) is 0 Å². The Kier molecular flexibility index (Phi) is 4.90. The third-order valence-electron chi connectivity index (χ3n) is 2.77. The second-order valence-corrected chi connectivity index (χ2v) is 3.81. The highest BCUT2D eigenvalue weighted by Crippen LogP contribution is 2.17. The molecule has 1 saturated heterocycles. The van der Waals surface area contributed by atoms with Crippen LogP contribution in [0.3, 0.4) is 0 Å². The van der Waals surface area contributed by atoms with Crippen LogP contribution in [0.1, 0.15) is 32.1 Å². The maximum Gasteiger partial charge on any atom is 0.224 e. The molecule has 1 aliphatic heterocycles. The molecule has 1 atom stereocenters. The van der Waals surface area contributed by atoms with Gasteiger partial charge < -0.3 is 15.7 Å². The van der Waals surface area contributed by atoms with E-state index in [2.05, 4.69) is 0 Å². The molecule has 4 nitrogen and oxygen atoms in total. The molecule has 1 rings (SSSR count). The van der Waals surface area contributed by atoms with Crippen LogP contribution >= 0.6 is 0 Å². The molecule has 1 heterocycles. The van der Waals surface area contributed by atoms with Crippen LogP contribution in [0.15, 0.2) is 0 Å². The van der Waals surface area contributed by atoms with Gasteiger partial charge in [-0.25, -0.2) is 0 Å². The highest BCUT2D eigenvalue weighted by molar-refractivity contribution is 5.76. The largest absolute Gasteiger partial charge is 0.394 e. The fourth-order valence-electron chi connectivity index (χ4n) is 1.96. The van der Waals surface area contributed by atoms with Gasteiger partial charge >= 0.3 is 0 Å². The van der Waals surface area contributed by atoms with Gasteiger partial charge in [-0.3, -0.25) is 4.79 Å². The molecule has 1 amide bonds. The van der Waals surface area contributed by atoms with Gasteiger partial charge in [-0.2, -0.15) is 0 Å². The van der Waals surface area contributed by atoms with E-state index >= 15 is 0 Å². The van der Waals surface area contributed by atoms with Crippen molar-refractivity contribution in [3.05, 3.63) is 0 Å². The van der Waals surface area contributed by atoms with Crippen molar-refractivity contribution in [2.24, 2.45) is 5.73 Å². The molecular formula is C10H20N2O2. The van der Waals surface area contributed by atoms with Gasteiger partial charge in [0.05, 0.1) is 12.6 Å². The van der Waals surface area contributed by atoms with Gasteiger partial charge in [0.2, 0.25) is 5.91 Å². The molecule has 0 aromatic carbocycles. The van der Waals surface area contributed by atoms with E-state index in [1.54, 1.807) is 4.90 Å². The van der Waals surface area contributed by atoms with Crippen molar-refractivity contribution in [3.63, 3.8) is 0 Å². The average molecular weight is 200 g/mol. The highest BCUT2D eigenvalue weighted by atomic mass is 16.3. The molecule has 1 fully saturated rings. The minimum absolute atomic E-state index is 0.0246. The molecule has 82 valence electrons. The number of likely N-dealkylation sites (tertiary alicyclic amines) is 1. The molecule has 1 aliphatic rings. The summed E-state index contributed by atoms with van der Waals surface area (Å²) in [5.41, 5.74) is 5.35. The van der Waals surface area contributed by atoms with E-state index in [1.807, 2.05) is 0 Å². The van der Waals surface area contributed by atoms with Gasteiger partial charge in [-0.05, 0) is 12.8 Å². The van der Waals surface area contributed by atoms with Crippen LogP contribution in [0.5, 0.6) is 0 Å². The van der Waals surface area contributed by atoms with Crippen molar-refractivity contribution in [1.82, 2.24) is 4.90 Å². The van der Waals surface area contributed by atoms with E-state index in [1.165, 1.54) is 0 Å². The Balaban J connectivity index is 2.55. The standard InChI is InChI=1S/C10H20N2O2/c11-6-5-10(14)12-7-3-1-2-4-9(12)8-13/h9,13H,1-8,11H2. The molecule has 0 aromatic heterocycles. The summed E-state index contributed by atoms with van der Waals surface area (Å²) in [7, 11) is 0. The lowest BCUT2D eigenvalue weighted by molar-refractivity contribution is -0.134. The Bertz CT molecular complexity index is 185. The van der Waals surface area contributed by atoms with Crippen molar-refractivity contribution in [2.75, 3.05) is 19.7 Å². The van der Waals surface area contributed by atoms with Gasteiger partial charge in [0.1, 0.15) is 0 Å². The topological polar surface area (TPSA) is 66.6 Å². The van der Waals surface area contributed by atoms with Gasteiger partial charge in [0, 0.05) is 19.5 Å². The summed E-state index contributed by atoms with van der Waals surface area (Å²) in [5.74, 6) is 0.0912. The number of aliphatic hydroxyl groups is 1. The SMILES string of the molecule is NCCC(=O)N1CCCCCC1CO. The number of rotatable bonds is 3. The molecule has 14 heavy (non-hydrogen) atoms. The second-order valence-electron chi connectivity index (χ2n) is 3.81. The maximum absolute atomic E-state index is 11.7. The van der Waals surface area contributed by atoms with E-state index < -0.39 is 0 Å². The van der Waals surface area contributed by atoms with Crippen LogP contribution in [0.2, 0.25) is 0 Å². The number of hydrogen-bond donors (Lipinski definition) is 2. The lowest BCUT2D eigenvalue weighted by atomic mass is 10.1. The van der Waals surface area contributed by atoms with Crippen molar-refractivity contribution in [1.29, 1.82) is 0 Å². The molecule has 4 heteroatoms. The molecule has 0 saturated carbocycles. The van der Waals surface area contributed by atoms with Crippen LogP contribution in [-0.2, 0) is 4.79 Å².